The van der Waals surface area contributed by atoms with Crippen LogP contribution in [0.25, 0.3) is 0 Å². The van der Waals surface area contributed by atoms with Gasteiger partial charge in [-0.1, -0.05) is 0 Å². The first-order valence-corrected chi connectivity index (χ1v) is 13.9. The minimum absolute atomic E-state index is 0.00410. The van der Waals surface area contributed by atoms with Gasteiger partial charge in [0, 0.05) is 11.1 Å². The standard InChI is InChI=1S/C28H30O18/c29-5-15-19(33)21(35)23(37)27(45-15)43-13-3-9(1-11-25(13)41-7-39-11)17(31)18(32)10-2-12-26(42-8-40-12)14(4-10)44-28-24(38)22(36)20(34)16(6-30)46-28/h1-4,15-16,19-24,27-30,33-38H,5-8H2/t15-,16-,19-,20-,21+,22+,23-,24-,27-,28-/m1/s1. The predicted octanol–water partition coefficient (Wildman–Crippen LogP) is -3.43. The van der Waals surface area contributed by atoms with Gasteiger partial charge in [0.05, 0.1) is 13.2 Å². The molecule has 4 heterocycles. The largest absolute Gasteiger partial charge is 0.458 e. The van der Waals surface area contributed by atoms with Gasteiger partial charge in [0.2, 0.25) is 49.2 Å². The number of hydrogen-bond acceptors (Lipinski definition) is 18. The van der Waals surface area contributed by atoms with Crippen LogP contribution in [0.3, 0.4) is 0 Å². The van der Waals surface area contributed by atoms with Crippen LogP contribution >= 0.6 is 0 Å². The Morgan fingerprint density at radius 2 is 0.978 bits per heavy atom. The second-order valence-electron chi connectivity index (χ2n) is 10.7. The van der Waals surface area contributed by atoms with Crippen molar-refractivity contribution in [2.45, 2.75) is 61.4 Å². The Morgan fingerprint density at radius 3 is 1.35 bits per heavy atom. The van der Waals surface area contributed by atoms with Gasteiger partial charge in [-0.3, -0.25) is 9.59 Å². The lowest BCUT2D eigenvalue weighted by Gasteiger charge is -2.39. The molecule has 0 saturated carbocycles. The molecule has 4 aliphatic heterocycles. The molecule has 0 spiro atoms. The average molecular weight is 655 g/mol. The van der Waals surface area contributed by atoms with Crippen molar-refractivity contribution in [1.29, 1.82) is 0 Å². The third-order valence-corrected chi connectivity index (χ3v) is 7.79. The number of hydrogen-bond donors (Lipinski definition) is 8. The number of aliphatic hydroxyl groups is 8. The van der Waals surface area contributed by atoms with Crippen LogP contribution in [0.5, 0.6) is 34.5 Å². The Hall–Kier alpha value is -3.82. The molecule has 18 heteroatoms. The summed E-state index contributed by atoms with van der Waals surface area (Å²) in [6.07, 6.45) is -16.2. The van der Waals surface area contributed by atoms with E-state index in [1.54, 1.807) is 0 Å². The molecule has 0 radical (unpaired) electrons. The fourth-order valence-electron chi connectivity index (χ4n) is 5.24. The molecule has 0 unspecified atom stereocenters. The minimum Gasteiger partial charge on any atom is -0.458 e. The molecule has 250 valence electrons. The van der Waals surface area contributed by atoms with Gasteiger partial charge in [-0.25, -0.2) is 0 Å². The lowest BCUT2D eigenvalue weighted by Crippen LogP contribution is -2.60. The summed E-state index contributed by atoms with van der Waals surface area (Å²) in [6.45, 7) is -2.00. The molecule has 8 N–H and O–H groups in total. The third-order valence-electron chi connectivity index (χ3n) is 7.79. The summed E-state index contributed by atoms with van der Waals surface area (Å²) in [5.41, 5.74) is -0.522. The fraction of sp³-hybridized carbons (Fsp3) is 0.500. The van der Waals surface area contributed by atoms with Crippen molar-refractivity contribution in [2.75, 3.05) is 26.8 Å². The van der Waals surface area contributed by atoms with Crippen molar-refractivity contribution in [2.24, 2.45) is 0 Å². The summed E-state index contributed by atoms with van der Waals surface area (Å²) in [4.78, 5) is 27.0. The highest BCUT2D eigenvalue weighted by Gasteiger charge is 2.46. The molecule has 2 fully saturated rings. The monoisotopic (exact) mass is 654 g/mol. The summed E-state index contributed by atoms with van der Waals surface area (Å²) in [5, 5.41) is 80.1. The molecular formula is C28H30O18. The second-order valence-corrected chi connectivity index (χ2v) is 10.7. The van der Waals surface area contributed by atoms with Crippen LogP contribution in [0.4, 0.5) is 0 Å². The van der Waals surface area contributed by atoms with E-state index in [1.165, 1.54) is 12.1 Å². The Labute approximate surface area is 258 Å². The van der Waals surface area contributed by atoms with Crippen LogP contribution in [-0.4, -0.2) is 141 Å². The van der Waals surface area contributed by atoms with E-state index < -0.39 is 86.2 Å². The first-order valence-electron chi connectivity index (χ1n) is 13.9. The van der Waals surface area contributed by atoms with Gasteiger partial charge in [-0.2, -0.15) is 0 Å². The van der Waals surface area contributed by atoms with E-state index >= 15 is 0 Å². The summed E-state index contributed by atoms with van der Waals surface area (Å²) in [6, 6.07) is 4.63. The topological polar surface area (TPSA) is 270 Å². The molecule has 4 aliphatic rings. The maximum Gasteiger partial charge on any atom is 0.233 e. The fourth-order valence-corrected chi connectivity index (χ4v) is 5.24. The highest BCUT2D eigenvalue weighted by molar-refractivity contribution is 6.49. The molecular weight excluding hydrogens is 624 g/mol. The molecule has 0 bridgehead atoms. The van der Waals surface area contributed by atoms with Crippen molar-refractivity contribution in [1.82, 2.24) is 0 Å². The van der Waals surface area contributed by atoms with E-state index in [9.17, 15) is 50.4 Å². The number of aliphatic hydroxyl groups excluding tert-OH is 8. The van der Waals surface area contributed by atoms with Crippen LogP contribution in [0.15, 0.2) is 24.3 Å². The second kappa shape index (κ2) is 12.8. The first-order chi connectivity index (χ1) is 22.0. The van der Waals surface area contributed by atoms with E-state index in [0.717, 1.165) is 12.1 Å². The Kier molecular flexibility index (Phi) is 8.91. The lowest BCUT2D eigenvalue weighted by atomic mass is 9.98. The summed E-state index contributed by atoms with van der Waals surface area (Å²) < 4.78 is 43.6. The quantitative estimate of drug-likeness (QED) is 0.0965. The molecule has 0 aromatic heterocycles. The Morgan fingerprint density at radius 1 is 0.587 bits per heavy atom. The maximum absolute atomic E-state index is 13.5. The zero-order valence-corrected chi connectivity index (χ0v) is 23.6. The summed E-state index contributed by atoms with van der Waals surface area (Å²) in [5.74, 6) is -2.67. The summed E-state index contributed by atoms with van der Waals surface area (Å²) in [7, 11) is 0. The van der Waals surface area contributed by atoms with E-state index in [1.807, 2.05) is 0 Å². The van der Waals surface area contributed by atoms with Gasteiger partial charge >= 0.3 is 0 Å². The SMILES string of the molecule is O=C(C(=O)c1cc2c(c(O[C@@H]3O[C@H](CO)[C@@H](O)[C@H](O)[C@H]3O)c1)OCO2)c1cc2c(c(O[C@@H]3O[C@H](CO)[C@@H](O)[C@H](O)[C@H]3O)c1)OCO2. The van der Waals surface area contributed by atoms with Crippen LogP contribution in [0.2, 0.25) is 0 Å². The van der Waals surface area contributed by atoms with Crippen LogP contribution in [0, 0.1) is 0 Å². The van der Waals surface area contributed by atoms with Gasteiger partial charge in [-0.05, 0) is 24.3 Å². The van der Waals surface area contributed by atoms with Gasteiger partial charge < -0.3 is 78.7 Å². The molecule has 10 atom stereocenters. The van der Waals surface area contributed by atoms with E-state index in [0.29, 0.717) is 0 Å². The van der Waals surface area contributed by atoms with Crippen LogP contribution in [0.1, 0.15) is 20.7 Å². The molecule has 2 aromatic carbocycles. The number of fused-ring (bicyclic) bond motifs is 2. The zero-order valence-electron chi connectivity index (χ0n) is 23.6. The molecule has 0 aliphatic carbocycles. The highest BCUT2D eigenvalue weighted by Crippen LogP contribution is 2.45. The molecule has 18 nitrogen and oxygen atoms in total. The Bertz CT molecular complexity index is 1370. The molecule has 6 rings (SSSR count). The molecule has 2 aromatic rings. The van der Waals surface area contributed by atoms with Crippen LogP contribution in [-0.2, 0) is 9.47 Å². The number of ether oxygens (including phenoxy) is 8. The number of Topliss-reactive ketones (excluding diaryl/α,β-unsaturated/α-hetero) is 2. The van der Waals surface area contributed by atoms with Crippen LogP contribution < -0.4 is 28.4 Å². The summed E-state index contributed by atoms with van der Waals surface area (Å²) >= 11 is 0. The number of carbonyl (C=O) groups is 2. The zero-order chi connectivity index (χ0) is 32.9. The highest BCUT2D eigenvalue weighted by atomic mass is 16.7. The smallest absolute Gasteiger partial charge is 0.233 e. The predicted molar refractivity (Wildman–Crippen MR) is 143 cm³/mol. The van der Waals surface area contributed by atoms with Crippen molar-refractivity contribution in [3.8, 4) is 34.5 Å². The van der Waals surface area contributed by atoms with Gasteiger partial charge in [0.1, 0.15) is 48.8 Å². The maximum atomic E-state index is 13.5. The normalized spacial score (nSPS) is 33.0. The van der Waals surface area contributed by atoms with Gasteiger partial charge in [0.15, 0.2) is 23.0 Å². The van der Waals surface area contributed by atoms with Crippen molar-refractivity contribution < 1.29 is 88.3 Å². The molecule has 46 heavy (non-hydrogen) atoms. The van der Waals surface area contributed by atoms with E-state index in [4.69, 9.17) is 37.9 Å². The third kappa shape index (κ3) is 5.68. The van der Waals surface area contributed by atoms with Gasteiger partial charge in [0.25, 0.3) is 0 Å². The van der Waals surface area contributed by atoms with Crippen molar-refractivity contribution >= 4 is 11.6 Å². The molecule has 0 amide bonds. The first kappa shape index (κ1) is 32.1. The minimum atomic E-state index is -1.78. The van der Waals surface area contributed by atoms with Crippen molar-refractivity contribution in [3.63, 3.8) is 0 Å². The number of ketones is 2. The van der Waals surface area contributed by atoms with Crippen molar-refractivity contribution in [3.05, 3.63) is 35.4 Å². The lowest BCUT2D eigenvalue weighted by molar-refractivity contribution is -0.277. The number of carbonyl (C=O) groups excluding carboxylic acids is 2. The Balaban J connectivity index is 1.27. The molecule has 2 saturated heterocycles. The van der Waals surface area contributed by atoms with E-state index in [-0.39, 0.29) is 59.2 Å². The number of rotatable bonds is 9. The number of benzene rings is 2. The average Bonchev–Trinajstić information content (AvgIpc) is 3.74. The van der Waals surface area contributed by atoms with E-state index in [2.05, 4.69) is 0 Å². The van der Waals surface area contributed by atoms with Gasteiger partial charge in [-0.15, -0.1) is 0 Å².